The standard InChI is InChI=1S/C13H23N3O2S/c1-3-13(5-6-13)10-15-19(17,18)12-7-11(8-14)16(4-2)9-12/h7,9,15H,3-6,8,10,14H2,1-2H3. The van der Waals surface area contributed by atoms with Crippen LogP contribution in [0.15, 0.2) is 17.2 Å². The van der Waals surface area contributed by atoms with Crippen LogP contribution >= 0.6 is 0 Å². The van der Waals surface area contributed by atoms with Crippen molar-refractivity contribution in [1.82, 2.24) is 9.29 Å². The predicted molar refractivity (Wildman–Crippen MR) is 75.1 cm³/mol. The summed E-state index contributed by atoms with van der Waals surface area (Å²) in [7, 11) is -3.41. The van der Waals surface area contributed by atoms with Gasteiger partial charge in [0.25, 0.3) is 0 Å². The van der Waals surface area contributed by atoms with E-state index in [0.717, 1.165) is 31.5 Å². The Morgan fingerprint density at radius 3 is 2.53 bits per heavy atom. The van der Waals surface area contributed by atoms with Gasteiger partial charge in [0, 0.05) is 31.5 Å². The molecule has 6 heteroatoms. The van der Waals surface area contributed by atoms with Crippen LogP contribution < -0.4 is 10.5 Å². The van der Waals surface area contributed by atoms with E-state index in [4.69, 9.17) is 5.73 Å². The smallest absolute Gasteiger partial charge is 0.242 e. The van der Waals surface area contributed by atoms with Crippen LogP contribution in [-0.4, -0.2) is 19.5 Å². The molecule has 0 saturated heterocycles. The molecule has 1 fully saturated rings. The Morgan fingerprint density at radius 1 is 1.42 bits per heavy atom. The van der Waals surface area contributed by atoms with Gasteiger partial charge in [-0.15, -0.1) is 0 Å². The van der Waals surface area contributed by atoms with Crippen LogP contribution in [0.4, 0.5) is 0 Å². The number of sulfonamides is 1. The van der Waals surface area contributed by atoms with Crippen molar-refractivity contribution in [2.24, 2.45) is 11.1 Å². The average molecular weight is 285 g/mol. The summed E-state index contributed by atoms with van der Waals surface area (Å²) in [6.45, 7) is 5.70. The van der Waals surface area contributed by atoms with E-state index < -0.39 is 10.0 Å². The summed E-state index contributed by atoms with van der Waals surface area (Å²) < 4.78 is 29.1. The molecular weight excluding hydrogens is 262 g/mol. The van der Waals surface area contributed by atoms with E-state index >= 15 is 0 Å². The zero-order valence-corrected chi connectivity index (χ0v) is 12.5. The third kappa shape index (κ3) is 3.01. The van der Waals surface area contributed by atoms with Crippen molar-refractivity contribution in [3.8, 4) is 0 Å². The number of hydrogen-bond donors (Lipinski definition) is 2. The normalized spacial score (nSPS) is 17.6. The average Bonchev–Trinajstić information content (AvgIpc) is 3.06. The lowest BCUT2D eigenvalue weighted by Gasteiger charge is -2.12. The summed E-state index contributed by atoms with van der Waals surface area (Å²) in [4.78, 5) is 0.321. The van der Waals surface area contributed by atoms with E-state index in [1.807, 2.05) is 11.5 Å². The fraction of sp³-hybridized carbons (Fsp3) is 0.692. The monoisotopic (exact) mass is 285 g/mol. The molecule has 0 aromatic carbocycles. The van der Waals surface area contributed by atoms with Gasteiger partial charge in [0.1, 0.15) is 0 Å². The maximum absolute atomic E-state index is 12.3. The molecule has 0 atom stereocenters. The molecule has 19 heavy (non-hydrogen) atoms. The Morgan fingerprint density at radius 2 is 2.11 bits per heavy atom. The third-order valence-electron chi connectivity index (χ3n) is 4.17. The lowest BCUT2D eigenvalue weighted by molar-refractivity contribution is 0.475. The molecule has 1 aromatic heterocycles. The SMILES string of the molecule is CCn1cc(S(=O)(=O)NCC2(CC)CC2)cc1CN. The number of hydrogen-bond acceptors (Lipinski definition) is 3. The molecule has 0 radical (unpaired) electrons. The lowest BCUT2D eigenvalue weighted by Crippen LogP contribution is -2.29. The van der Waals surface area contributed by atoms with Crippen molar-refractivity contribution >= 4 is 10.0 Å². The van der Waals surface area contributed by atoms with E-state index in [1.165, 1.54) is 0 Å². The molecule has 108 valence electrons. The number of rotatable bonds is 7. The number of nitrogens with zero attached hydrogens (tertiary/aromatic N) is 1. The molecule has 0 spiro atoms. The highest BCUT2D eigenvalue weighted by atomic mass is 32.2. The van der Waals surface area contributed by atoms with Crippen molar-refractivity contribution in [3.05, 3.63) is 18.0 Å². The second-order valence-corrected chi connectivity index (χ2v) is 7.10. The number of nitrogens with two attached hydrogens (primary N) is 1. The summed E-state index contributed by atoms with van der Waals surface area (Å²) in [5, 5.41) is 0. The Hall–Kier alpha value is -0.850. The van der Waals surface area contributed by atoms with E-state index in [2.05, 4.69) is 11.6 Å². The highest BCUT2D eigenvalue weighted by molar-refractivity contribution is 7.89. The van der Waals surface area contributed by atoms with Crippen LogP contribution in [0.1, 0.15) is 38.8 Å². The second kappa shape index (κ2) is 5.26. The van der Waals surface area contributed by atoms with Gasteiger partial charge in [0.15, 0.2) is 0 Å². The molecule has 1 saturated carbocycles. The summed E-state index contributed by atoms with van der Waals surface area (Å²) in [5.41, 5.74) is 6.67. The van der Waals surface area contributed by atoms with E-state index in [0.29, 0.717) is 18.0 Å². The quantitative estimate of drug-likeness (QED) is 0.795. The van der Waals surface area contributed by atoms with Crippen LogP contribution in [0.5, 0.6) is 0 Å². The summed E-state index contributed by atoms with van der Waals surface area (Å²) in [5.74, 6) is 0. The first-order valence-corrected chi connectivity index (χ1v) is 8.33. The first-order valence-electron chi connectivity index (χ1n) is 6.85. The van der Waals surface area contributed by atoms with Crippen molar-refractivity contribution < 1.29 is 8.42 Å². The first kappa shape index (κ1) is 14.6. The van der Waals surface area contributed by atoms with E-state index in [9.17, 15) is 8.42 Å². The highest BCUT2D eigenvalue weighted by Crippen LogP contribution is 2.48. The van der Waals surface area contributed by atoms with E-state index in [-0.39, 0.29) is 5.41 Å². The van der Waals surface area contributed by atoms with E-state index in [1.54, 1.807) is 12.3 Å². The second-order valence-electron chi connectivity index (χ2n) is 5.34. The van der Waals surface area contributed by atoms with Gasteiger partial charge >= 0.3 is 0 Å². The third-order valence-corrected chi connectivity index (χ3v) is 5.53. The minimum Gasteiger partial charge on any atom is -0.349 e. The molecule has 0 amide bonds. The maximum atomic E-state index is 12.3. The topological polar surface area (TPSA) is 77.1 Å². The minimum atomic E-state index is -3.41. The van der Waals surface area contributed by atoms with Gasteiger partial charge in [-0.05, 0) is 37.7 Å². The largest absolute Gasteiger partial charge is 0.349 e. The van der Waals surface area contributed by atoms with Gasteiger partial charge in [-0.1, -0.05) is 6.92 Å². The van der Waals surface area contributed by atoms with Crippen LogP contribution in [-0.2, 0) is 23.1 Å². The van der Waals surface area contributed by atoms with Gasteiger partial charge in [-0.3, -0.25) is 0 Å². The number of aryl methyl sites for hydroxylation is 1. The molecule has 1 aromatic rings. The maximum Gasteiger partial charge on any atom is 0.242 e. The van der Waals surface area contributed by atoms with Gasteiger partial charge < -0.3 is 10.3 Å². The minimum absolute atomic E-state index is 0.205. The highest BCUT2D eigenvalue weighted by Gasteiger charge is 2.41. The first-order chi connectivity index (χ1) is 8.96. The summed E-state index contributed by atoms with van der Waals surface area (Å²) in [6.07, 6.45) is 4.93. The molecule has 0 bridgehead atoms. The number of aromatic nitrogens is 1. The van der Waals surface area contributed by atoms with Crippen molar-refractivity contribution in [2.75, 3.05) is 6.54 Å². The van der Waals surface area contributed by atoms with Gasteiger partial charge in [-0.2, -0.15) is 0 Å². The Labute approximate surface area is 115 Å². The molecule has 2 rings (SSSR count). The molecule has 1 aliphatic rings. The molecule has 0 aliphatic heterocycles. The van der Waals surface area contributed by atoms with Crippen molar-refractivity contribution in [1.29, 1.82) is 0 Å². The van der Waals surface area contributed by atoms with Crippen LogP contribution in [0.25, 0.3) is 0 Å². The molecule has 5 nitrogen and oxygen atoms in total. The zero-order chi connectivity index (χ0) is 14.1. The zero-order valence-electron chi connectivity index (χ0n) is 11.6. The Bertz CT molecular complexity index is 523. The van der Waals surface area contributed by atoms with Crippen molar-refractivity contribution in [2.45, 2.75) is 51.1 Å². The predicted octanol–water partition coefficient (Wildman–Crippen LogP) is 1.44. The Balaban J connectivity index is 2.13. The van der Waals surface area contributed by atoms with Gasteiger partial charge in [-0.25, -0.2) is 13.1 Å². The van der Waals surface area contributed by atoms with Gasteiger partial charge in [0.2, 0.25) is 10.0 Å². The summed E-state index contributed by atoms with van der Waals surface area (Å²) >= 11 is 0. The van der Waals surface area contributed by atoms with Crippen molar-refractivity contribution in [3.63, 3.8) is 0 Å². The van der Waals surface area contributed by atoms with Crippen LogP contribution in [0.2, 0.25) is 0 Å². The molecule has 1 aliphatic carbocycles. The van der Waals surface area contributed by atoms with Crippen LogP contribution in [0.3, 0.4) is 0 Å². The fourth-order valence-corrected chi connectivity index (χ4v) is 3.52. The molecule has 0 unspecified atom stereocenters. The fourth-order valence-electron chi connectivity index (χ4n) is 2.30. The molecular formula is C13H23N3O2S. The Kier molecular flexibility index (Phi) is 4.03. The lowest BCUT2D eigenvalue weighted by atomic mass is 10.1. The summed E-state index contributed by atoms with van der Waals surface area (Å²) in [6, 6.07) is 1.66. The molecule has 1 heterocycles. The number of nitrogens with one attached hydrogen (secondary N) is 1. The van der Waals surface area contributed by atoms with Gasteiger partial charge in [0.05, 0.1) is 4.90 Å². The molecule has 3 N–H and O–H groups in total. The van der Waals surface area contributed by atoms with Crippen LogP contribution in [0, 0.1) is 5.41 Å².